The third-order valence-electron chi connectivity index (χ3n) is 4.71. The Balaban J connectivity index is 1.83. The maximum Gasteiger partial charge on any atom is 0.127 e. The van der Waals surface area contributed by atoms with E-state index in [2.05, 4.69) is 54.3 Å². The van der Waals surface area contributed by atoms with Crippen LogP contribution in [0, 0.1) is 0 Å². The standard InChI is InChI=1S/C21H29N3O/c1-17-15-22-12-13-24(17)21(16-23(2)3)18-8-7-11-20(14-18)25-19-9-5-4-6-10-19/h4-11,14,17,21-22H,12-13,15-16H2,1-3H3. The first-order valence-corrected chi connectivity index (χ1v) is 9.07. The highest BCUT2D eigenvalue weighted by molar-refractivity contribution is 5.35. The molecule has 1 fully saturated rings. The molecular formula is C21H29N3O. The van der Waals surface area contributed by atoms with Gasteiger partial charge in [0, 0.05) is 38.3 Å². The molecule has 0 aromatic heterocycles. The molecule has 2 unspecified atom stereocenters. The molecule has 1 heterocycles. The van der Waals surface area contributed by atoms with Crippen LogP contribution in [0.3, 0.4) is 0 Å². The zero-order valence-corrected chi connectivity index (χ0v) is 15.5. The van der Waals surface area contributed by atoms with Crippen LogP contribution in [0.2, 0.25) is 0 Å². The Labute approximate surface area is 151 Å². The fourth-order valence-corrected chi connectivity index (χ4v) is 3.48. The molecule has 0 radical (unpaired) electrons. The predicted molar refractivity (Wildman–Crippen MR) is 103 cm³/mol. The van der Waals surface area contributed by atoms with Crippen molar-refractivity contribution in [3.8, 4) is 11.5 Å². The molecule has 2 atom stereocenters. The number of nitrogens with zero attached hydrogens (tertiary/aromatic N) is 2. The van der Waals surface area contributed by atoms with Crippen molar-refractivity contribution in [2.24, 2.45) is 0 Å². The summed E-state index contributed by atoms with van der Waals surface area (Å²) >= 11 is 0. The van der Waals surface area contributed by atoms with E-state index in [4.69, 9.17) is 4.74 Å². The van der Waals surface area contributed by atoms with Crippen molar-refractivity contribution >= 4 is 0 Å². The first-order chi connectivity index (χ1) is 12.1. The Bertz CT molecular complexity index is 659. The molecule has 25 heavy (non-hydrogen) atoms. The first kappa shape index (κ1) is 17.9. The number of likely N-dealkylation sites (N-methyl/N-ethyl adjacent to an activating group) is 1. The Kier molecular flexibility index (Phi) is 6.08. The van der Waals surface area contributed by atoms with Crippen LogP contribution in [0.15, 0.2) is 54.6 Å². The molecule has 0 saturated carbocycles. The maximum absolute atomic E-state index is 6.04. The number of piperazine rings is 1. The average molecular weight is 339 g/mol. The minimum Gasteiger partial charge on any atom is -0.457 e. The number of ether oxygens (including phenoxy) is 1. The maximum atomic E-state index is 6.04. The van der Waals surface area contributed by atoms with E-state index in [0.717, 1.165) is 37.7 Å². The van der Waals surface area contributed by atoms with E-state index in [1.165, 1.54) is 5.56 Å². The molecule has 1 aliphatic rings. The summed E-state index contributed by atoms with van der Waals surface area (Å²) in [5, 5.41) is 3.49. The molecule has 1 aliphatic heterocycles. The van der Waals surface area contributed by atoms with E-state index in [-0.39, 0.29) is 0 Å². The van der Waals surface area contributed by atoms with Crippen LogP contribution in [-0.2, 0) is 0 Å². The topological polar surface area (TPSA) is 27.7 Å². The summed E-state index contributed by atoms with van der Waals surface area (Å²) in [6.45, 7) is 6.47. The lowest BCUT2D eigenvalue weighted by molar-refractivity contribution is 0.0967. The van der Waals surface area contributed by atoms with Gasteiger partial charge in [0.25, 0.3) is 0 Å². The van der Waals surface area contributed by atoms with Gasteiger partial charge in [-0.3, -0.25) is 4.90 Å². The summed E-state index contributed by atoms with van der Waals surface area (Å²) in [5.74, 6) is 1.77. The van der Waals surface area contributed by atoms with Gasteiger partial charge < -0.3 is 15.0 Å². The number of para-hydroxylation sites is 1. The van der Waals surface area contributed by atoms with E-state index in [0.29, 0.717) is 12.1 Å². The molecule has 0 spiro atoms. The lowest BCUT2D eigenvalue weighted by atomic mass is 10.0. The summed E-state index contributed by atoms with van der Waals surface area (Å²) in [7, 11) is 4.29. The number of rotatable bonds is 6. The lowest BCUT2D eigenvalue weighted by Crippen LogP contribution is -2.52. The second-order valence-corrected chi connectivity index (χ2v) is 7.06. The molecule has 2 aromatic rings. The molecule has 4 heteroatoms. The highest BCUT2D eigenvalue weighted by Crippen LogP contribution is 2.29. The quantitative estimate of drug-likeness (QED) is 0.873. The van der Waals surface area contributed by atoms with Gasteiger partial charge in [-0.15, -0.1) is 0 Å². The molecule has 0 amide bonds. The van der Waals surface area contributed by atoms with E-state index < -0.39 is 0 Å². The van der Waals surface area contributed by atoms with Crippen LogP contribution in [0.4, 0.5) is 0 Å². The molecule has 3 rings (SSSR count). The van der Waals surface area contributed by atoms with Gasteiger partial charge in [0.15, 0.2) is 0 Å². The molecule has 0 bridgehead atoms. The fraction of sp³-hybridized carbons (Fsp3) is 0.429. The molecule has 0 aliphatic carbocycles. The van der Waals surface area contributed by atoms with Crippen molar-refractivity contribution in [3.63, 3.8) is 0 Å². The predicted octanol–water partition coefficient (Wildman–Crippen LogP) is 3.38. The Hall–Kier alpha value is -1.88. The third-order valence-corrected chi connectivity index (χ3v) is 4.71. The van der Waals surface area contributed by atoms with Crippen LogP contribution in [0.1, 0.15) is 18.5 Å². The van der Waals surface area contributed by atoms with Crippen LogP contribution in [0.25, 0.3) is 0 Å². The zero-order chi connectivity index (χ0) is 17.6. The number of nitrogens with one attached hydrogen (secondary N) is 1. The largest absolute Gasteiger partial charge is 0.457 e. The van der Waals surface area contributed by atoms with Crippen LogP contribution < -0.4 is 10.1 Å². The van der Waals surface area contributed by atoms with Crippen molar-refractivity contribution in [1.29, 1.82) is 0 Å². The number of hydrogen-bond donors (Lipinski definition) is 1. The smallest absolute Gasteiger partial charge is 0.127 e. The van der Waals surface area contributed by atoms with Gasteiger partial charge in [-0.1, -0.05) is 30.3 Å². The van der Waals surface area contributed by atoms with Crippen molar-refractivity contribution < 1.29 is 4.74 Å². The Morgan fingerprint density at radius 3 is 2.60 bits per heavy atom. The van der Waals surface area contributed by atoms with E-state index in [1.807, 2.05) is 36.4 Å². The summed E-state index contributed by atoms with van der Waals surface area (Å²) in [4.78, 5) is 4.88. The van der Waals surface area contributed by atoms with Gasteiger partial charge in [0.2, 0.25) is 0 Å². The van der Waals surface area contributed by atoms with Gasteiger partial charge >= 0.3 is 0 Å². The molecular weight excluding hydrogens is 310 g/mol. The monoisotopic (exact) mass is 339 g/mol. The molecule has 2 aromatic carbocycles. The first-order valence-electron chi connectivity index (χ1n) is 9.07. The minimum absolute atomic E-state index is 0.367. The zero-order valence-electron chi connectivity index (χ0n) is 15.5. The van der Waals surface area contributed by atoms with Crippen molar-refractivity contribution in [2.45, 2.75) is 19.0 Å². The van der Waals surface area contributed by atoms with Gasteiger partial charge in [-0.2, -0.15) is 0 Å². The average Bonchev–Trinajstić information content (AvgIpc) is 2.61. The van der Waals surface area contributed by atoms with Gasteiger partial charge in [-0.25, -0.2) is 0 Å². The second kappa shape index (κ2) is 8.48. The Morgan fingerprint density at radius 2 is 1.88 bits per heavy atom. The van der Waals surface area contributed by atoms with E-state index >= 15 is 0 Å². The SMILES string of the molecule is CC1CNCCN1C(CN(C)C)c1cccc(Oc2ccccc2)c1. The second-order valence-electron chi connectivity index (χ2n) is 7.06. The highest BCUT2D eigenvalue weighted by atomic mass is 16.5. The summed E-state index contributed by atoms with van der Waals surface area (Å²) < 4.78 is 6.04. The van der Waals surface area contributed by atoms with Gasteiger partial charge in [0.1, 0.15) is 11.5 Å². The Morgan fingerprint density at radius 1 is 1.12 bits per heavy atom. The number of benzene rings is 2. The minimum atomic E-state index is 0.367. The lowest BCUT2D eigenvalue weighted by Gasteiger charge is -2.41. The van der Waals surface area contributed by atoms with E-state index in [9.17, 15) is 0 Å². The van der Waals surface area contributed by atoms with Gasteiger partial charge in [0.05, 0.1) is 0 Å². The normalized spacial score (nSPS) is 19.8. The van der Waals surface area contributed by atoms with Crippen molar-refractivity contribution in [2.75, 3.05) is 40.3 Å². The third kappa shape index (κ3) is 4.82. The number of hydrogen-bond acceptors (Lipinski definition) is 4. The summed E-state index contributed by atoms with van der Waals surface area (Å²) in [6, 6.07) is 19.4. The van der Waals surface area contributed by atoms with Crippen LogP contribution in [0.5, 0.6) is 11.5 Å². The molecule has 4 nitrogen and oxygen atoms in total. The van der Waals surface area contributed by atoms with E-state index in [1.54, 1.807) is 0 Å². The van der Waals surface area contributed by atoms with Crippen molar-refractivity contribution in [3.05, 3.63) is 60.2 Å². The van der Waals surface area contributed by atoms with Crippen molar-refractivity contribution in [1.82, 2.24) is 15.1 Å². The molecule has 134 valence electrons. The fourth-order valence-electron chi connectivity index (χ4n) is 3.48. The highest BCUT2D eigenvalue weighted by Gasteiger charge is 2.27. The summed E-state index contributed by atoms with van der Waals surface area (Å²) in [6.07, 6.45) is 0. The molecule has 1 saturated heterocycles. The van der Waals surface area contributed by atoms with Crippen LogP contribution >= 0.6 is 0 Å². The van der Waals surface area contributed by atoms with Crippen LogP contribution in [-0.4, -0.2) is 56.1 Å². The summed E-state index contributed by atoms with van der Waals surface area (Å²) in [5.41, 5.74) is 1.32. The van der Waals surface area contributed by atoms with Gasteiger partial charge in [-0.05, 0) is 50.8 Å². The molecule has 1 N–H and O–H groups in total.